The lowest BCUT2D eigenvalue weighted by Gasteiger charge is -2.35. The van der Waals surface area contributed by atoms with Crippen LogP contribution in [0.1, 0.15) is 24.2 Å². The van der Waals surface area contributed by atoms with Gasteiger partial charge in [0, 0.05) is 12.6 Å². The Morgan fingerprint density at radius 1 is 1.43 bits per heavy atom. The average Bonchev–Trinajstić information content (AvgIpc) is 2.41. The molecule has 0 aliphatic carbocycles. The van der Waals surface area contributed by atoms with Gasteiger partial charge in [0.25, 0.3) is 0 Å². The quantitative estimate of drug-likeness (QED) is 0.909. The van der Waals surface area contributed by atoms with Crippen LogP contribution in [0.4, 0.5) is 4.39 Å². The van der Waals surface area contributed by atoms with E-state index >= 15 is 0 Å². The molecule has 2 unspecified atom stereocenters. The molecule has 6 nitrogen and oxygen atoms in total. The number of nitrogens with zero attached hydrogens (tertiary/aromatic N) is 1. The Morgan fingerprint density at radius 3 is 2.71 bits per heavy atom. The van der Waals surface area contributed by atoms with E-state index in [0.29, 0.717) is 0 Å². The highest BCUT2D eigenvalue weighted by atomic mass is 32.2. The Balaban J connectivity index is 2.53. The largest absolute Gasteiger partial charge is 0.478 e. The summed E-state index contributed by atoms with van der Waals surface area (Å²) in [4.78, 5) is 10.6. The minimum absolute atomic E-state index is 0.0963. The van der Waals surface area contributed by atoms with Crippen LogP contribution in [-0.2, 0) is 14.8 Å². The van der Waals surface area contributed by atoms with Crippen LogP contribution in [0.2, 0.25) is 0 Å². The lowest BCUT2D eigenvalue weighted by Crippen LogP contribution is -2.50. The molecular formula is C13H16FNO5S. The SMILES string of the molecule is CC1CN(S(=O)(=O)c2cc(F)ccc2C(=O)O)C(C)CO1. The first-order chi connectivity index (χ1) is 9.73. The number of hydrogen-bond acceptors (Lipinski definition) is 4. The van der Waals surface area contributed by atoms with Crippen molar-refractivity contribution in [3.8, 4) is 0 Å². The molecule has 1 aromatic carbocycles. The lowest BCUT2D eigenvalue weighted by atomic mass is 10.2. The summed E-state index contributed by atoms with van der Waals surface area (Å²) in [5, 5.41) is 9.11. The first kappa shape index (κ1) is 15.9. The van der Waals surface area contributed by atoms with Crippen molar-refractivity contribution >= 4 is 16.0 Å². The molecule has 1 heterocycles. The Bertz CT molecular complexity index is 661. The lowest BCUT2D eigenvalue weighted by molar-refractivity contribution is -0.0170. The standard InChI is InChI=1S/C13H16FNO5S/c1-8-7-20-9(2)6-15(8)21(18,19)12-5-10(14)3-4-11(12)13(16)17/h3-5,8-9H,6-7H2,1-2H3,(H,16,17). The highest BCUT2D eigenvalue weighted by molar-refractivity contribution is 7.89. The fourth-order valence-electron chi connectivity index (χ4n) is 2.22. The van der Waals surface area contributed by atoms with E-state index in [4.69, 9.17) is 9.84 Å². The third-order valence-electron chi connectivity index (χ3n) is 3.31. The molecule has 2 rings (SSSR count). The van der Waals surface area contributed by atoms with Crippen molar-refractivity contribution in [2.24, 2.45) is 0 Å². The summed E-state index contributed by atoms with van der Waals surface area (Å²) in [7, 11) is -4.11. The first-order valence-electron chi connectivity index (χ1n) is 6.39. The Morgan fingerprint density at radius 2 is 2.10 bits per heavy atom. The van der Waals surface area contributed by atoms with E-state index in [1.54, 1.807) is 13.8 Å². The number of morpholine rings is 1. The van der Waals surface area contributed by atoms with E-state index < -0.39 is 38.3 Å². The van der Waals surface area contributed by atoms with Crippen LogP contribution in [0, 0.1) is 5.82 Å². The maximum Gasteiger partial charge on any atom is 0.337 e. The number of benzene rings is 1. The molecule has 1 saturated heterocycles. The highest BCUT2D eigenvalue weighted by Crippen LogP contribution is 2.26. The average molecular weight is 317 g/mol. The Labute approximate surface area is 122 Å². The van der Waals surface area contributed by atoms with Crippen molar-refractivity contribution in [1.82, 2.24) is 4.31 Å². The van der Waals surface area contributed by atoms with Crippen molar-refractivity contribution in [3.05, 3.63) is 29.6 Å². The molecule has 116 valence electrons. The van der Waals surface area contributed by atoms with Crippen molar-refractivity contribution in [3.63, 3.8) is 0 Å². The topological polar surface area (TPSA) is 83.9 Å². The zero-order chi connectivity index (χ0) is 15.8. The summed E-state index contributed by atoms with van der Waals surface area (Å²) in [5.41, 5.74) is -0.442. The number of carboxylic acid groups (broad SMARTS) is 1. The fourth-order valence-corrected chi connectivity index (χ4v) is 4.11. The molecule has 0 radical (unpaired) electrons. The third-order valence-corrected chi connectivity index (χ3v) is 5.33. The second-order valence-electron chi connectivity index (χ2n) is 5.01. The van der Waals surface area contributed by atoms with Crippen LogP contribution in [0.15, 0.2) is 23.1 Å². The summed E-state index contributed by atoms with van der Waals surface area (Å²) < 4.78 is 45.2. The van der Waals surface area contributed by atoms with Gasteiger partial charge in [-0.2, -0.15) is 4.31 Å². The smallest absolute Gasteiger partial charge is 0.337 e. The van der Waals surface area contributed by atoms with Crippen LogP contribution < -0.4 is 0 Å². The molecule has 0 bridgehead atoms. The van der Waals surface area contributed by atoms with Gasteiger partial charge in [-0.3, -0.25) is 0 Å². The van der Waals surface area contributed by atoms with Crippen molar-refractivity contribution in [1.29, 1.82) is 0 Å². The van der Waals surface area contributed by atoms with Gasteiger partial charge >= 0.3 is 5.97 Å². The number of rotatable bonds is 3. The van der Waals surface area contributed by atoms with E-state index in [9.17, 15) is 17.6 Å². The molecule has 21 heavy (non-hydrogen) atoms. The van der Waals surface area contributed by atoms with Gasteiger partial charge in [-0.15, -0.1) is 0 Å². The zero-order valence-corrected chi connectivity index (χ0v) is 12.4. The van der Waals surface area contributed by atoms with Gasteiger partial charge in [-0.05, 0) is 32.0 Å². The zero-order valence-electron chi connectivity index (χ0n) is 11.6. The minimum atomic E-state index is -4.11. The normalized spacial score (nSPS) is 24.0. The third kappa shape index (κ3) is 3.07. The second-order valence-corrected chi connectivity index (χ2v) is 6.87. The maximum atomic E-state index is 13.4. The van der Waals surface area contributed by atoms with Gasteiger partial charge in [0.05, 0.1) is 23.2 Å². The van der Waals surface area contributed by atoms with E-state index in [-0.39, 0.29) is 19.3 Å². The molecule has 1 aliphatic heterocycles. The van der Waals surface area contributed by atoms with E-state index in [2.05, 4.69) is 0 Å². The highest BCUT2D eigenvalue weighted by Gasteiger charge is 2.36. The van der Waals surface area contributed by atoms with Gasteiger partial charge in [0.2, 0.25) is 10.0 Å². The van der Waals surface area contributed by atoms with Crippen molar-refractivity contribution in [2.45, 2.75) is 30.9 Å². The second kappa shape index (κ2) is 5.70. The van der Waals surface area contributed by atoms with Gasteiger partial charge in [-0.25, -0.2) is 17.6 Å². The van der Waals surface area contributed by atoms with Gasteiger partial charge < -0.3 is 9.84 Å². The van der Waals surface area contributed by atoms with Crippen LogP contribution in [0.5, 0.6) is 0 Å². The summed E-state index contributed by atoms with van der Waals surface area (Å²) in [5.74, 6) is -2.21. The summed E-state index contributed by atoms with van der Waals surface area (Å²) >= 11 is 0. The molecule has 1 aromatic rings. The molecule has 1 aliphatic rings. The van der Waals surface area contributed by atoms with Gasteiger partial charge in [-0.1, -0.05) is 0 Å². The molecule has 0 saturated carbocycles. The van der Waals surface area contributed by atoms with Crippen LogP contribution in [0.3, 0.4) is 0 Å². The predicted molar refractivity (Wildman–Crippen MR) is 72.1 cm³/mol. The van der Waals surface area contributed by atoms with Gasteiger partial charge in [0.15, 0.2) is 0 Å². The Kier molecular flexibility index (Phi) is 4.31. The number of sulfonamides is 1. The van der Waals surface area contributed by atoms with Crippen LogP contribution in [-0.4, -0.2) is 49.1 Å². The van der Waals surface area contributed by atoms with Gasteiger partial charge in [0.1, 0.15) is 5.82 Å². The van der Waals surface area contributed by atoms with Crippen LogP contribution in [0.25, 0.3) is 0 Å². The molecule has 1 fully saturated rings. The number of ether oxygens (including phenoxy) is 1. The minimum Gasteiger partial charge on any atom is -0.478 e. The summed E-state index contributed by atoms with van der Waals surface area (Å²) in [6.07, 6.45) is -0.308. The number of halogens is 1. The first-order valence-corrected chi connectivity index (χ1v) is 7.83. The monoisotopic (exact) mass is 317 g/mol. The molecule has 0 spiro atoms. The summed E-state index contributed by atoms with van der Waals surface area (Å²) in [6, 6.07) is 2.18. The van der Waals surface area contributed by atoms with Crippen molar-refractivity contribution < 1.29 is 27.4 Å². The molecule has 0 amide bonds. The predicted octanol–water partition coefficient (Wildman–Crippen LogP) is 1.32. The van der Waals surface area contributed by atoms with Crippen LogP contribution >= 0.6 is 0 Å². The summed E-state index contributed by atoms with van der Waals surface area (Å²) in [6.45, 7) is 3.68. The van der Waals surface area contributed by atoms with E-state index in [1.807, 2.05) is 0 Å². The molecule has 8 heteroatoms. The molecule has 0 aromatic heterocycles. The number of hydrogen-bond donors (Lipinski definition) is 1. The number of carboxylic acids is 1. The van der Waals surface area contributed by atoms with Crippen molar-refractivity contribution in [2.75, 3.05) is 13.2 Å². The molecular weight excluding hydrogens is 301 g/mol. The van der Waals surface area contributed by atoms with E-state index in [1.165, 1.54) is 0 Å². The van der Waals surface area contributed by atoms with E-state index in [0.717, 1.165) is 22.5 Å². The molecule has 2 atom stereocenters. The number of aromatic carboxylic acids is 1. The fraction of sp³-hybridized carbons (Fsp3) is 0.462. The molecule has 1 N–H and O–H groups in total. The maximum absolute atomic E-state index is 13.4. The number of carbonyl (C=O) groups is 1. The Hall–Kier alpha value is -1.51.